The Balaban J connectivity index is 1.85. The molecular formula is C13H9BrO2S. The van der Waals surface area contributed by atoms with Crippen molar-refractivity contribution in [3.8, 4) is 0 Å². The molecule has 2 fully saturated rings. The molecule has 4 heteroatoms. The quantitative estimate of drug-likeness (QED) is 0.754. The highest BCUT2D eigenvalue weighted by atomic mass is 79.9. The van der Waals surface area contributed by atoms with Crippen molar-refractivity contribution in [2.45, 2.75) is 11.8 Å². The molecule has 2 nitrogen and oxygen atoms in total. The van der Waals surface area contributed by atoms with Crippen LogP contribution in [0.3, 0.4) is 0 Å². The Kier molecular flexibility index (Phi) is 1.85. The lowest BCUT2D eigenvalue weighted by atomic mass is 10.0. The van der Waals surface area contributed by atoms with Gasteiger partial charge in [0.15, 0.2) is 0 Å². The number of halogens is 1. The summed E-state index contributed by atoms with van der Waals surface area (Å²) in [5.41, 5.74) is 0.0211. The van der Waals surface area contributed by atoms with Crippen LogP contribution >= 0.6 is 27.3 Å². The van der Waals surface area contributed by atoms with Crippen molar-refractivity contribution in [1.29, 1.82) is 0 Å². The maximum Gasteiger partial charge on any atom is 0.310 e. The topological polar surface area (TPSA) is 26.3 Å². The second kappa shape index (κ2) is 3.12. The monoisotopic (exact) mass is 308 g/mol. The van der Waals surface area contributed by atoms with E-state index in [0.29, 0.717) is 6.61 Å². The fourth-order valence-electron chi connectivity index (χ4n) is 2.67. The lowest BCUT2D eigenvalue weighted by Crippen LogP contribution is -2.08. The standard InChI is InChI=1S/C13H9BrO2S/c14-8-2-1-7-3-11(17-10(7)4-8)13-5-9(13)12(15)16-6-13/h1-4,9H,5-6H2. The van der Waals surface area contributed by atoms with Crippen LogP contribution in [0, 0.1) is 5.92 Å². The van der Waals surface area contributed by atoms with Crippen LogP contribution in [0.25, 0.3) is 10.1 Å². The highest BCUT2D eigenvalue weighted by Gasteiger charge is 2.66. The van der Waals surface area contributed by atoms with Crippen LogP contribution in [-0.2, 0) is 14.9 Å². The molecule has 0 N–H and O–H groups in total. The summed E-state index contributed by atoms with van der Waals surface area (Å²) < 4.78 is 7.52. The zero-order valence-electron chi connectivity index (χ0n) is 8.90. The molecule has 0 bridgehead atoms. The third-order valence-electron chi connectivity index (χ3n) is 3.80. The lowest BCUT2D eigenvalue weighted by molar-refractivity contribution is -0.140. The largest absolute Gasteiger partial charge is 0.464 e. The number of esters is 1. The zero-order chi connectivity index (χ0) is 11.6. The van der Waals surface area contributed by atoms with Crippen LogP contribution in [0.4, 0.5) is 0 Å². The first-order valence-electron chi connectivity index (χ1n) is 5.55. The van der Waals surface area contributed by atoms with Gasteiger partial charge in [-0.15, -0.1) is 11.3 Å². The third-order valence-corrected chi connectivity index (χ3v) is 5.62. The maximum atomic E-state index is 11.4. The van der Waals surface area contributed by atoms with Crippen LogP contribution in [-0.4, -0.2) is 12.6 Å². The molecule has 0 radical (unpaired) electrons. The van der Waals surface area contributed by atoms with Gasteiger partial charge in [-0.05, 0) is 30.0 Å². The first kappa shape index (κ1) is 10.1. The van der Waals surface area contributed by atoms with E-state index in [1.165, 1.54) is 15.0 Å². The lowest BCUT2D eigenvalue weighted by Gasteiger charge is -2.05. The molecule has 1 aliphatic carbocycles. The van der Waals surface area contributed by atoms with E-state index in [0.717, 1.165) is 10.9 Å². The highest BCUT2D eigenvalue weighted by Crippen LogP contribution is 2.60. The third kappa shape index (κ3) is 1.28. The van der Waals surface area contributed by atoms with Gasteiger partial charge < -0.3 is 4.74 Å². The Morgan fingerprint density at radius 2 is 2.29 bits per heavy atom. The van der Waals surface area contributed by atoms with E-state index in [9.17, 15) is 4.79 Å². The molecule has 1 aliphatic heterocycles. The first-order chi connectivity index (χ1) is 8.19. The van der Waals surface area contributed by atoms with Crippen LogP contribution in [0.1, 0.15) is 11.3 Å². The molecule has 0 amide bonds. The molecule has 2 unspecified atom stereocenters. The number of fused-ring (bicyclic) bond motifs is 2. The molecule has 1 saturated heterocycles. The van der Waals surface area contributed by atoms with Gasteiger partial charge in [-0.3, -0.25) is 4.79 Å². The number of benzene rings is 1. The molecular weight excluding hydrogens is 300 g/mol. The molecule has 1 saturated carbocycles. The minimum absolute atomic E-state index is 0.0105. The van der Waals surface area contributed by atoms with Crippen molar-refractivity contribution in [2.24, 2.45) is 5.92 Å². The molecule has 17 heavy (non-hydrogen) atoms. The molecule has 2 aliphatic rings. The van der Waals surface area contributed by atoms with E-state index in [-0.39, 0.29) is 17.3 Å². The van der Waals surface area contributed by atoms with Crippen molar-refractivity contribution in [3.63, 3.8) is 0 Å². The predicted octanol–water partition coefficient (Wildman–Crippen LogP) is 3.48. The minimum Gasteiger partial charge on any atom is -0.464 e. The molecule has 2 aromatic rings. The normalized spacial score (nSPS) is 30.4. The average Bonchev–Trinajstić information content (AvgIpc) is 2.76. The van der Waals surface area contributed by atoms with Gasteiger partial charge in [-0.25, -0.2) is 0 Å². The molecule has 0 spiro atoms. The summed E-state index contributed by atoms with van der Waals surface area (Å²) in [7, 11) is 0. The summed E-state index contributed by atoms with van der Waals surface area (Å²) in [6.45, 7) is 0.574. The van der Waals surface area contributed by atoms with E-state index in [1.807, 2.05) is 0 Å². The number of carbonyl (C=O) groups is 1. The van der Waals surface area contributed by atoms with E-state index in [4.69, 9.17) is 4.74 Å². The Morgan fingerprint density at radius 1 is 1.41 bits per heavy atom. The van der Waals surface area contributed by atoms with Gasteiger partial charge in [0, 0.05) is 14.0 Å². The summed E-state index contributed by atoms with van der Waals surface area (Å²) in [5.74, 6) is 0.114. The number of hydrogen-bond donors (Lipinski definition) is 0. The number of ether oxygens (including phenoxy) is 1. The van der Waals surface area contributed by atoms with E-state index < -0.39 is 0 Å². The fraction of sp³-hybridized carbons (Fsp3) is 0.308. The van der Waals surface area contributed by atoms with Gasteiger partial charge in [0.05, 0.1) is 11.3 Å². The first-order valence-corrected chi connectivity index (χ1v) is 7.16. The van der Waals surface area contributed by atoms with E-state index in [1.54, 1.807) is 11.3 Å². The molecule has 1 aromatic carbocycles. The smallest absolute Gasteiger partial charge is 0.310 e. The van der Waals surface area contributed by atoms with Gasteiger partial charge in [0.1, 0.15) is 6.61 Å². The van der Waals surface area contributed by atoms with Crippen LogP contribution in [0.2, 0.25) is 0 Å². The maximum absolute atomic E-state index is 11.4. The van der Waals surface area contributed by atoms with Crippen molar-refractivity contribution in [3.05, 3.63) is 33.6 Å². The molecule has 2 atom stereocenters. The van der Waals surface area contributed by atoms with Gasteiger partial charge in [-0.1, -0.05) is 22.0 Å². The summed E-state index contributed by atoms with van der Waals surface area (Å²) in [6, 6.07) is 8.52. The second-order valence-corrected chi connectivity index (χ2v) is 6.81. The van der Waals surface area contributed by atoms with Crippen molar-refractivity contribution < 1.29 is 9.53 Å². The number of hydrogen-bond acceptors (Lipinski definition) is 3. The van der Waals surface area contributed by atoms with Gasteiger partial charge in [0.2, 0.25) is 0 Å². The summed E-state index contributed by atoms with van der Waals surface area (Å²) in [4.78, 5) is 12.7. The SMILES string of the molecule is O=C1OCC2(c3cc4ccc(Br)cc4s3)CC12. The van der Waals surface area contributed by atoms with Crippen LogP contribution in [0.5, 0.6) is 0 Å². The van der Waals surface area contributed by atoms with E-state index in [2.05, 4.69) is 40.2 Å². The van der Waals surface area contributed by atoms with Crippen LogP contribution in [0.15, 0.2) is 28.7 Å². The Morgan fingerprint density at radius 3 is 3.00 bits per heavy atom. The number of carbonyl (C=O) groups excluding carboxylic acids is 1. The minimum atomic E-state index is -0.0105. The van der Waals surface area contributed by atoms with Gasteiger partial charge in [0.25, 0.3) is 0 Å². The highest BCUT2D eigenvalue weighted by molar-refractivity contribution is 9.10. The van der Waals surface area contributed by atoms with Crippen molar-refractivity contribution in [2.75, 3.05) is 6.61 Å². The Bertz CT molecular complexity index is 648. The summed E-state index contributed by atoms with van der Waals surface area (Å²) in [6.07, 6.45) is 0.972. The Labute approximate surface area is 111 Å². The van der Waals surface area contributed by atoms with E-state index >= 15 is 0 Å². The number of thiophene rings is 1. The number of rotatable bonds is 1. The summed E-state index contributed by atoms with van der Waals surface area (Å²) in [5, 5.41) is 1.26. The number of cyclic esters (lactones) is 1. The van der Waals surface area contributed by atoms with Crippen LogP contribution < -0.4 is 0 Å². The molecule has 4 rings (SSSR count). The Hall–Kier alpha value is -0.870. The fourth-order valence-corrected chi connectivity index (χ4v) is 4.52. The van der Waals surface area contributed by atoms with Crippen molar-refractivity contribution in [1.82, 2.24) is 0 Å². The second-order valence-electron chi connectivity index (χ2n) is 4.81. The average molecular weight is 309 g/mol. The van der Waals surface area contributed by atoms with Crippen molar-refractivity contribution >= 4 is 43.3 Å². The predicted molar refractivity (Wildman–Crippen MR) is 70.3 cm³/mol. The molecule has 86 valence electrons. The zero-order valence-corrected chi connectivity index (χ0v) is 11.3. The molecule has 2 heterocycles. The summed E-state index contributed by atoms with van der Waals surface area (Å²) >= 11 is 5.28. The van der Waals surface area contributed by atoms with Gasteiger partial charge >= 0.3 is 5.97 Å². The van der Waals surface area contributed by atoms with Gasteiger partial charge in [-0.2, -0.15) is 0 Å². The molecule has 1 aromatic heterocycles.